The Morgan fingerprint density at radius 3 is 2.12 bits per heavy atom. The van der Waals surface area contributed by atoms with Crippen LogP contribution in [0.15, 0.2) is 84.9 Å². The predicted octanol–water partition coefficient (Wildman–Crippen LogP) is 4.37. The number of rotatable bonds is 5. The molecule has 26 heavy (non-hydrogen) atoms. The van der Waals surface area contributed by atoms with Crippen molar-refractivity contribution in [1.29, 1.82) is 0 Å². The highest BCUT2D eigenvalue weighted by Gasteiger charge is 2.38. The van der Waals surface area contributed by atoms with Crippen LogP contribution < -0.4 is 0 Å². The molecule has 1 unspecified atom stereocenters. The summed E-state index contributed by atoms with van der Waals surface area (Å²) in [4.78, 5) is 2.36. The number of β-amino-alcohol motifs (C(OH)–C–C–N with tert-alkyl or cyclic N) is 1. The van der Waals surface area contributed by atoms with Crippen LogP contribution in [-0.2, 0) is 18.6 Å². The minimum absolute atomic E-state index is 0.688. The van der Waals surface area contributed by atoms with Crippen molar-refractivity contribution in [2.75, 3.05) is 13.1 Å². The summed E-state index contributed by atoms with van der Waals surface area (Å²) >= 11 is 0. The molecule has 0 bridgehead atoms. The Bertz CT molecular complexity index is 846. The predicted molar refractivity (Wildman–Crippen MR) is 106 cm³/mol. The summed E-state index contributed by atoms with van der Waals surface area (Å²) in [6.07, 6.45) is 1.64. The van der Waals surface area contributed by atoms with Crippen LogP contribution in [-0.4, -0.2) is 23.1 Å². The van der Waals surface area contributed by atoms with Gasteiger partial charge in [0.05, 0.1) is 0 Å². The maximum Gasteiger partial charge on any atom is 0.104 e. The van der Waals surface area contributed by atoms with Crippen LogP contribution in [0.3, 0.4) is 0 Å². The minimum atomic E-state index is -0.764. The van der Waals surface area contributed by atoms with Crippen LogP contribution >= 0.6 is 0 Å². The lowest BCUT2D eigenvalue weighted by atomic mass is 9.87. The highest BCUT2D eigenvalue weighted by atomic mass is 16.3. The van der Waals surface area contributed by atoms with Crippen LogP contribution in [0.5, 0.6) is 0 Å². The highest BCUT2D eigenvalue weighted by molar-refractivity contribution is 5.37. The monoisotopic (exact) mass is 343 g/mol. The van der Waals surface area contributed by atoms with Crippen molar-refractivity contribution >= 4 is 0 Å². The van der Waals surface area contributed by atoms with Crippen molar-refractivity contribution in [2.24, 2.45) is 0 Å². The topological polar surface area (TPSA) is 23.5 Å². The van der Waals surface area contributed by atoms with E-state index >= 15 is 0 Å². The molecule has 1 fully saturated rings. The van der Waals surface area contributed by atoms with Gasteiger partial charge < -0.3 is 5.11 Å². The molecule has 1 N–H and O–H groups in total. The van der Waals surface area contributed by atoms with Gasteiger partial charge in [0.2, 0.25) is 0 Å². The molecule has 4 rings (SSSR count). The average molecular weight is 343 g/mol. The van der Waals surface area contributed by atoms with E-state index in [9.17, 15) is 5.11 Å². The molecule has 1 aliphatic rings. The normalized spacial score (nSPS) is 20.3. The van der Waals surface area contributed by atoms with Crippen LogP contribution in [0.1, 0.15) is 28.7 Å². The number of likely N-dealkylation sites (tertiary alicyclic amines) is 1. The summed E-state index contributed by atoms with van der Waals surface area (Å²) < 4.78 is 0. The molecule has 1 atom stereocenters. The van der Waals surface area contributed by atoms with Gasteiger partial charge in [0.1, 0.15) is 5.60 Å². The molecule has 2 nitrogen and oxygen atoms in total. The van der Waals surface area contributed by atoms with Crippen LogP contribution in [0, 0.1) is 0 Å². The van der Waals surface area contributed by atoms with Crippen molar-refractivity contribution in [3.63, 3.8) is 0 Å². The molecule has 0 radical (unpaired) electrons. The van der Waals surface area contributed by atoms with Gasteiger partial charge in [-0.2, -0.15) is 0 Å². The number of aliphatic hydroxyl groups is 1. The first-order valence-electron chi connectivity index (χ1n) is 9.34. The number of benzene rings is 3. The average Bonchev–Trinajstić information content (AvgIpc) is 3.05. The van der Waals surface area contributed by atoms with E-state index in [0.29, 0.717) is 6.54 Å². The van der Waals surface area contributed by atoms with Crippen molar-refractivity contribution in [2.45, 2.75) is 25.0 Å². The van der Waals surface area contributed by atoms with Crippen molar-refractivity contribution in [1.82, 2.24) is 4.90 Å². The first kappa shape index (κ1) is 17.0. The highest BCUT2D eigenvalue weighted by Crippen LogP contribution is 2.35. The van der Waals surface area contributed by atoms with E-state index in [1.807, 2.05) is 18.2 Å². The molecule has 1 heterocycles. The molecule has 1 aliphatic heterocycles. The molecule has 3 aromatic rings. The van der Waals surface area contributed by atoms with E-state index in [0.717, 1.165) is 31.5 Å². The molecule has 3 aromatic carbocycles. The number of hydrogen-bond acceptors (Lipinski definition) is 2. The fourth-order valence-corrected chi connectivity index (χ4v) is 4.01. The quantitative estimate of drug-likeness (QED) is 0.743. The summed E-state index contributed by atoms with van der Waals surface area (Å²) in [5.74, 6) is 0. The van der Waals surface area contributed by atoms with E-state index in [2.05, 4.69) is 71.6 Å². The zero-order valence-corrected chi connectivity index (χ0v) is 15.0. The molecular weight excluding hydrogens is 318 g/mol. The molecular formula is C24H25NO. The summed E-state index contributed by atoms with van der Waals surface area (Å²) in [5, 5.41) is 11.4. The van der Waals surface area contributed by atoms with Gasteiger partial charge in [0.25, 0.3) is 0 Å². The van der Waals surface area contributed by atoms with Crippen LogP contribution in [0.4, 0.5) is 0 Å². The lowest BCUT2D eigenvalue weighted by molar-refractivity contribution is 0.0445. The zero-order valence-electron chi connectivity index (χ0n) is 15.0. The van der Waals surface area contributed by atoms with Gasteiger partial charge in [0.15, 0.2) is 0 Å². The number of nitrogens with zero attached hydrogens (tertiary/aromatic N) is 1. The fourth-order valence-electron chi connectivity index (χ4n) is 4.01. The maximum absolute atomic E-state index is 11.4. The smallest absolute Gasteiger partial charge is 0.104 e. The Kier molecular flexibility index (Phi) is 4.87. The maximum atomic E-state index is 11.4. The summed E-state index contributed by atoms with van der Waals surface area (Å²) in [6, 6.07) is 29.4. The minimum Gasteiger partial charge on any atom is -0.384 e. The number of hydrogen-bond donors (Lipinski definition) is 1. The Labute approximate surface area is 155 Å². The molecule has 132 valence electrons. The van der Waals surface area contributed by atoms with Gasteiger partial charge in [-0.05, 0) is 35.1 Å². The first-order chi connectivity index (χ1) is 12.7. The van der Waals surface area contributed by atoms with Gasteiger partial charge in [-0.15, -0.1) is 0 Å². The molecule has 0 aliphatic carbocycles. The standard InChI is InChI=1S/C24H25NO/c26-24(15-16-25(19-24)18-21-11-5-2-6-12-21)23-14-8-7-13-22(23)17-20-9-3-1-4-10-20/h1-14,26H,15-19H2. The van der Waals surface area contributed by atoms with Crippen LogP contribution in [0.2, 0.25) is 0 Å². The molecule has 0 amide bonds. The largest absolute Gasteiger partial charge is 0.384 e. The Morgan fingerprint density at radius 1 is 0.769 bits per heavy atom. The molecule has 1 saturated heterocycles. The van der Waals surface area contributed by atoms with Crippen molar-refractivity contribution in [3.8, 4) is 0 Å². The molecule has 2 heteroatoms. The first-order valence-corrected chi connectivity index (χ1v) is 9.34. The van der Waals surface area contributed by atoms with Gasteiger partial charge >= 0.3 is 0 Å². The summed E-state index contributed by atoms with van der Waals surface area (Å²) in [7, 11) is 0. The lowest BCUT2D eigenvalue weighted by Crippen LogP contribution is -2.31. The third-order valence-electron chi connectivity index (χ3n) is 5.33. The van der Waals surface area contributed by atoms with Crippen molar-refractivity contribution in [3.05, 3.63) is 107 Å². The van der Waals surface area contributed by atoms with Crippen molar-refractivity contribution < 1.29 is 5.11 Å². The van der Waals surface area contributed by atoms with Gasteiger partial charge in [0, 0.05) is 19.6 Å². The molecule has 0 saturated carbocycles. The lowest BCUT2D eigenvalue weighted by Gasteiger charge is -2.27. The zero-order chi connectivity index (χ0) is 17.8. The van der Waals surface area contributed by atoms with Gasteiger partial charge in [-0.25, -0.2) is 0 Å². The third kappa shape index (κ3) is 3.72. The Morgan fingerprint density at radius 2 is 1.38 bits per heavy atom. The van der Waals surface area contributed by atoms with E-state index in [1.165, 1.54) is 16.7 Å². The molecule has 0 aromatic heterocycles. The Balaban J connectivity index is 1.54. The fraction of sp³-hybridized carbons (Fsp3) is 0.250. The Hall–Kier alpha value is -2.42. The SMILES string of the molecule is OC1(c2ccccc2Cc2ccccc2)CCN(Cc2ccccc2)C1. The van der Waals surface area contributed by atoms with Crippen LogP contribution in [0.25, 0.3) is 0 Å². The summed E-state index contributed by atoms with van der Waals surface area (Å²) in [6.45, 7) is 2.50. The second-order valence-corrected chi connectivity index (χ2v) is 7.30. The third-order valence-corrected chi connectivity index (χ3v) is 5.33. The van der Waals surface area contributed by atoms with E-state index < -0.39 is 5.60 Å². The molecule has 0 spiro atoms. The summed E-state index contributed by atoms with van der Waals surface area (Å²) in [5.41, 5.74) is 4.12. The van der Waals surface area contributed by atoms with Gasteiger partial charge in [-0.1, -0.05) is 84.9 Å². The van der Waals surface area contributed by atoms with E-state index in [1.54, 1.807) is 0 Å². The second kappa shape index (κ2) is 7.45. The second-order valence-electron chi connectivity index (χ2n) is 7.30. The van der Waals surface area contributed by atoms with E-state index in [-0.39, 0.29) is 0 Å². The van der Waals surface area contributed by atoms with Gasteiger partial charge in [-0.3, -0.25) is 4.90 Å². The van der Waals surface area contributed by atoms with E-state index in [4.69, 9.17) is 0 Å².